The molecule has 1 unspecified atom stereocenters. The zero-order valence-electron chi connectivity index (χ0n) is 15.2. The smallest absolute Gasteiger partial charge is 0.414 e. The van der Waals surface area contributed by atoms with Crippen LogP contribution in [-0.4, -0.2) is 34.9 Å². The van der Waals surface area contributed by atoms with E-state index < -0.39 is 22.5 Å². The number of amides is 1. The van der Waals surface area contributed by atoms with Gasteiger partial charge in [0, 0.05) is 18.5 Å². The molecule has 1 atom stereocenters. The van der Waals surface area contributed by atoms with Gasteiger partial charge < -0.3 is 9.84 Å². The number of non-ortho nitro benzene ring substituents is 1. The van der Waals surface area contributed by atoms with Gasteiger partial charge in [-0.1, -0.05) is 6.07 Å². The summed E-state index contributed by atoms with van der Waals surface area (Å²) in [5.41, 5.74) is 0.376. The number of aliphatic hydroxyl groups is 1. The van der Waals surface area contributed by atoms with Gasteiger partial charge in [-0.3, -0.25) is 15.0 Å². The number of ether oxygens (including phenoxy) is 1. The van der Waals surface area contributed by atoms with E-state index in [1.54, 1.807) is 32.9 Å². The lowest BCUT2D eigenvalue weighted by atomic mass is 9.93. The highest BCUT2D eigenvalue weighted by molar-refractivity contribution is 6.03. The first kappa shape index (κ1) is 18.6. The van der Waals surface area contributed by atoms with Crippen molar-refractivity contribution < 1.29 is 19.6 Å². The summed E-state index contributed by atoms with van der Waals surface area (Å²) in [6, 6.07) is 7.94. The molecule has 0 fully saturated rings. The Bertz CT molecular complexity index is 987. The fourth-order valence-corrected chi connectivity index (χ4v) is 3.34. The maximum absolute atomic E-state index is 12.6. The molecule has 2 aromatic rings. The molecule has 8 nitrogen and oxygen atoms in total. The van der Waals surface area contributed by atoms with Gasteiger partial charge in [-0.2, -0.15) is 5.26 Å². The van der Waals surface area contributed by atoms with E-state index in [-0.39, 0.29) is 18.8 Å². The summed E-state index contributed by atoms with van der Waals surface area (Å²) >= 11 is 0. The van der Waals surface area contributed by atoms with Crippen LogP contribution in [0, 0.1) is 21.4 Å². The summed E-state index contributed by atoms with van der Waals surface area (Å²) < 4.78 is 5.41. The van der Waals surface area contributed by atoms with Crippen molar-refractivity contribution in [3.8, 4) is 6.07 Å². The molecule has 1 aliphatic rings. The Hall–Kier alpha value is -3.18. The summed E-state index contributed by atoms with van der Waals surface area (Å²) in [4.78, 5) is 25.0. The Kier molecular flexibility index (Phi) is 4.49. The van der Waals surface area contributed by atoms with Crippen LogP contribution >= 0.6 is 0 Å². The van der Waals surface area contributed by atoms with Crippen molar-refractivity contribution in [2.24, 2.45) is 0 Å². The first-order valence-corrected chi connectivity index (χ1v) is 8.42. The van der Waals surface area contributed by atoms with Gasteiger partial charge in [-0.15, -0.1) is 0 Å². The Morgan fingerprint density at radius 3 is 2.67 bits per heavy atom. The van der Waals surface area contributed by atoms with Gasteiger partial charge in [0.1, 0.15) is 5.60 Å². The first-order valence-electron chi connectivity index (χ1n) is 8.42. The molecule has 0 saturated carbocycles. The van der Waals surface area contributed by atoms with Crippen molar-refractivity contribution in [2.75, 3.05) is 18.1 Å². The molecule has 3 rings (SSSR count). The Morgan fingerprint density at radius 2 is 2.11 bits per heavy atom. The zero-order valence-corrected chi connectivity index (χ0v) is 15.2. The summed E-state index contributed by atoms with van der Waals surface area (Å²) in [5, 5.41) is 31.4. The van der Waals surface area contributed by atoms with E-state index in [1.807, 2.05) is 6.07 Å². The maximum Gasteiger partial charge on any atom is 0.414 e. The molecule has 1 aliphatic heterocycles. The fraction of sp³-hybridized carbons (Fsp3) is 0.368. The molecule has 27 heavy (non-hydrogen) atoms. The highest BCUT2D eigenvalue weighted by atomic mass is 16.6. The van der Waals surface area contributed by atoms with Crippen molar-refractivity contribution in [1.29, 1.82) is 5.26 Å². The monoisotopic (exact) mass is 369 g/mol. The van der Waals surface area contributed by atoms with E-state index >= 15 is 0 Å². The third-order valence-corrected chi connectivity index (χ3v) is 4.40. The van der Waals surface area contributed by atoms with Crippen LogP contribution in [-0.2, 0) is 4.74 Å². The minimum absolute atomic E-state index is 0.164. The van der Waals surface area contributed by atoms with Gasteiger partial charge in [-0.05, 0) is 43.9 Å². The Morgan fingerprint density at radius 1 is 1.41 bits per heavy atom. The molecule has 0 aromatic heterocycles. The molecule has 1 N–H and O–H groups in total. The number of rotatable bonds is 2. The number of benzene rings is 2. The highest BCUT2D eigenvalue weighted by Gasteiger charge is 2.38. The molecule has 2 aromatic carbocycles. The molecule has 140 valence electrons. The second kappa shape index (κ2) is 6.52. The molecule has 0 spiro atoms. The second-order valence-electron chi connectivity index (χ2n) is 7.43. The lowest BCUT2D eigenvalue weighted by Crippen LogP contribution is -2.36. The molecule has 8 heteroatoms. The minimum atomic E-state index is -0.723. The van der Waals surface area contributed by atoms with Gasteiger partial charge in [-0.25, -0.2) is 4.79 Å². The minimum Gasteiger partial charge on any atom is -0.443 e. The molecule has 0 radical (unpaired) electrons. The predicted octanol–water partition coefficient (Wildman–Crippen LogP) is 3.45. The van der Waals surface area contributed by atoms with Gasteiger partial charge in [0.15, 0.2) is 0 Å². The average molecular weight is 369 g/mol. The van der Waals surface area contributed by atoms with E-state index in [0.717, 1.165) is 0 Å². The Balaban J connectivity index is 2.25. The van der Waals surface area contributed by atoms with E-state index in [2.05, 4.69) is 0 Å². The van der Waals surface area contributed by atoms with Crippen LogP contribution in [0.2, 0.25) is 0 Å². The normalized spacial score (nSPS) is 16.1. The number of carbonyl (C=O) groups is 1. The molecule has 0 aliphatic carbocycles. The number of fused-ring (bicyclic) bond motifs is 3. The summed E-state index contributed by atoms with van der Waals surface area (Å²) in [5.74, 6) is -0.399. The van der Waals surface area contributed by atoms with Crippen LogP contribution in [0.5, 0.6) is 0 Å². The molecular formula is C19H19N3O5. The molecule has 0 bridgehead atoms. The lowest BCUT2D eigenvalue weighted by molar-refractivity contribution is -0.383. The maximum atomic E-state index is 12.6. The number of hydrogen-bond acceptors (Lipinski definition) is 6. The number of nitro groups is 1. The van der Waals surface area contributed by atoms with Crippen LogP contribution in [0.15, 0.2) is 24.3 Å². The second-order valence-corrected chi connectivity index (χ2v) is 7.43. The number of hydrogen-bond donors (Lipinski definition) is 1. The predicted molar refractivity (Wildman–Crippen MR) is 98.7 cm³/mol. The summed E-state index contributed by atoms with van der Waals surface area (Å²) in [7, 11) is 0. The van der Waals surface area contributed by atoms with Crippen molar-refractivity contribution in [3.63, 3.8) is 0 Å². The zero-order chi connectivity index (χ0) is 19.9. The molecule has 1 amide bonds. The number of carbonyl (C=O) groups excluding carboxylic acids is 1. The number of anilines is 1. The molecule has 1 heterocycles. The van der Waals surface area contributed by atoms with Crippen LogP contribution in [0.4, 0.5) is 16.2 Å². The van der Waals surface area contributed by atoms with Gasteiger partial charge in [0.25, 0.3) is 5.69 Å². The fourth-order valence-electron chi connectivity index (χ4n) is 3.34. The van der Waals surface area contributed by atoms with Gasteiger partial charge >= 0.3 is 6.09 Å². The van der Waals surface area contributed by atoms with Crippen molar-refractivity contribution in [1.82, 2.24) is 0 Å². The third-order valence-electron chi connectivity index (χ3n) is 4.40. The van der Waals surface area contributed by atoms with Gasteiger partial charge in [0.2, 0.25) is 0 Å². The van der Waals surface area contributed by atoms with Crippen LogP contribution in [0.25, 0.3) is 10.8 Å². The lowest BCUT2D eigenvalue weighted by Gasteiger charge is -2.25. The van der Waals surface area contributed by atoms with Crippen molar-refractivity contribution in [2.45, 2.75) is 32.3 Å². The molecule has 0 saturated heterocycles. The van der Waals surface area contributed by atoms with Crippen LogP contribution in [0.3, 0.4) is 0 Å². The van der Waals surface area contributed by atoms with E-state index in [9.17, 15) is 20.0 Å². The number of aliphatic hydroxyl groups excluding tert-OH is 1. The largest absolute Gasteiger partial charge is 0.443 e. The third kappa shape index (κ3) is 3.29. The number of nitrogens with zero attached hydrogens (tertiary/aromatic N) is 3. The summed E-state index contributed by atoms with van der Waals surface area (Å²) in [6.07, 6.45) is -0.623. The molecular weight excluding hydrogens is 350 g/mol. The SMILES string of the molecule is CC(C)(C)OC(=O)N1CC(CO)c2c1cc([N+](=O)[O-])c1cc(C#N)ccc21. The first-order chi connectivity index (χ1) is 12.7. The van der Waals surface area contributed by atoms with E-state index in [1.165, 1.54) is 17.0 Å². The van der Waals surface area contributed by atoms with Gasteiger partial charge in [0.05, 0.1) is 34.2 Å². The standard InChI is InChI=1S/C19H19N3O5/c1-19(2,3)27-18(24)21-9-12(10-23)17-13-5-4-11(8-20)6-14(13)15(22(25)26)7-16(17)21/h4-7,12,23H,9-10H2,1-3H3. The van der Waals surface area contributed by atoms with Crippen molar-refractivity contribution in [3.05, 3.63) is 45.5 Å². The highest BCUT2D eigenvalue weighted by Crippen LogP contribution is 2.45. The van der Waals surface area contributed by atoms with Crippen LogP contribution in [0.1, 0.15) is 37.8 Å². The van der Waals surface area contributed by atoms with Crippen LogP contribution < -0.4 is 4.90 Å². The van der Waals surface area contributed by atoms with Crippen molar-refractivity contribution >= 4 is 28.2 Å². The Labute approximate surface area is 155 Å². The topological polar surface area (TPSA) is 117 Å². The summed E-state index contributed by atoms with van der Waals surface area (Å²) in [6.45, 7) is 5.14. The quantitative estimate of drug-likeness (QED) is 0.640. The average Bonchev–Trinajstić information content (AvgIpc) is 2.97. The number of nitro benzene ring substituents is 1. The van der Waals surface area contributed by atoms with E-state index in [4.69, 9.17) is 10.00 Å². The van der Waals surface area contributed by atoms with E-state index in [0.29, 0.717) is 27.6 Å². The number of nitriles is 1.